The third kappa shape index (κ3) is 3.60. The molecular formula is C17H20N2O. The smallest absolute Gasteiger partial charge is 0.227 e. The number of amides is 1. The van der Waals surface area contributed by atoms with Crippen molar-refractivity contribution in [3.63, 3.8) is 0 Å². The minimum absolute atomic E-state index is 0.0945. The van der Waals surface area contributed by atoms with E-state index in [-0.39, 0.29) is 5.91 Å². The monoisotopic (exact) mass is 268 g/mol. The van der Waals surface area contributed by atoms with E-state index in [9.17, 15) is 4.79 Å². The summed E-state index contributed by atoms with van der Waals surface area (Å²) in [5, 5.41) is 0. The van der Waals surface area contributed by atoms with Gasteiger partial charge in [0.2, 0.25) is 5.91 Å². The molecular weight excluding hydrogens is 248 g/mol. The Kier molecular flexibility index (Phi) is 4.41. The lowest BCUT2D eigenvalue weighted by atomic mass is 10.1. The molecule has 0 aliphatic heterocycles. The molecule has 3 heteroatoms. The Morgan fingerprint density at radius 3 is 2.60 bits per heavy atom. The molecule has 0 spiro atoms. The highest BCUT2D eigenvalue weighted by atomic mass is 16.2. The molecule has 104 valence electrons. The van der Waals surface area contributed by atoms with Gasteiger partial charge >= 0.3 is 0 Å². The van der Waals surface area contributed by atoms with E-state index >= 15 is 0 Å². The largest absolute Gasteiger partial charge is 0.399 e. The van der Waals surface area contributed by atoms with Gasteiger partial charge in [0.25, 0.3) is 0 Å². The van der Waals surface area contributed by atoms with Gasteiger partial charge in [-0.25, -0.2) is 0 Å². The van der Waals surface area contributed by atoms with E-state index in [1.54, 1.807) is 11.9 Å². The van der Waals surface area contributed by atoms with Crippen LogP contribution in [-0.2, 0) is 11.2 Å². The van der Waals surface area contributed by atoms with Crippen molar-refractivity contribution < 1.29 is 4.79 Å². The Balaban J connectivity index is 1.98. The molecule has 0 bridgehead atoms. The van der Waals surface area contributed by atoms with Gasteiger partial charge in [0.1, 0.15) is 0 Å². The van der Waals surface area contributed by atoms with Gasteiger partial charge in [-0.2, -0.15) is 0 Å². The van der Waals surface area contributed by atoms with Crippen LogP contribution < -0.4 is 10.6 Å². The second-order valence-corrected chi connectivity index (χ2v) is 5.04. The summed E-state index contributed by atoms with van der Waals surface area (Å²) in [6.07, 6.45) is 1.25. The fourth-order valence-corrected chi connectivity index (χ4v) is 2.16. The van der Waals surface area contributed by atoms with Crippen LogP contribution in [0, 0.1) is 6.92 Å². The highest BCUT2D eigenvalue weighted by Gasteiger charge is 2.11. The number of anilines is 2. The number of hydrogen-bond acceptors (Lipinski definition) is 2. The van der Waals surface area contributed by atoms with E-state index in [0.29, 0.717) is 12.1 Å². The average molecular weight is 268 g/mol. The highest BCUT2D eigenvalue weighted by Crippen LogP contribution is 2.17. The van der Waals surface area contributed by atoms with Gasteiger partial charge in [-0.15, -0.1) is 0 Å². The maximum absolute atomic E-state index is 12.2. The molecule has 0 heterocycles. The Bertz CT molecular complexity index is 607. The highest BCUT2D eigenvalue weighted by molar-refractivity contribution is 5.93. The second kappa shape index (κ2) is 6.24. The van der Waals surface area contributed by atoms with Crippen LogP contribution in [0.3, 0.4) is 0 Å². The molecule has 20 heavy (non-hydrogen) atoms. The summed E-state index contributed by atoms with van der Waals surface area (Å²) >= 11 is 0. The van der Waals surface area contributed by atoms with E-state index in [1.165, 1.54) is 11.1 Å². The van der Waals surface area contributed by atoms with E-state index in [4.69, 9.17) is 5.73 Å². The van der Waals surface area contributed by atoms with E-state index in [2.05, 4.69) is 25.1 Å². The van der Waals surface area contributed by atoms with Gasteiger partial charge in [-0.3, -0.25) is 4.79 Å². The molecule has 0 atom stereocenters. The maximum Gasteiger partial charge on any atom is 0.227 e. The molecule has 2 aromatic rings. The Hall–Kier alpha value is -2.29. The van der Waals surface area contributed by atoms with Crippen LogP contribution >= 0.6 is 0 Å². The number of nitrogens with two attached hydrogens (primary N) is 1. The molecule has 2 aromatic carbocycles. The van der Waals surface area contributed by atoms with Crippen LogP contribution in [0.15, 0.2) is 48.5 Å². The topological polar surface area (TPSA) is 46.3 Å². The molecule has 1 amide bonds. The minimum atomic E-state index is 0.0945. The first kappa shape index (κ1) is 14.1. The van der Waals surface area contributed by atoms with Crippen LogP contribution in [0.1, 0.15) is 17.5 Å². The standard InChI is InChI=1S/C17H20N2O/c1-13-5-3-6-14(11-13)9-10-17(20)19(2)16-8-4-7-15(18)12-16/h3-8,11-12H,9-10,18H2,1-2H3. The molecule has 0 unspecified atom stereocenters. The van der Waals surface area contributed by atoms with Gasteiger partial charge < -0.3 is 10.6 Å². The fourth-order valence-electron chi connectivity index (χ4n) is 2.16. The lowest BCUT2D eigenvalue weighted by Crippen LogP contribution is -2.26. The molecule has 0 saturated carbocycles. The van der Waals surface area contributed by atoms with Gasteiger partial charge in [-0.05, 0) is 37.1 Å². The van der Waals surface area contributed by atoms with Crippen molar-refractivity contribution in [3.8, 4) is 0 Å². The Morgan fingerprint density at radius 2 is 1.90 bits per heavy atom. The van der Waals surface area contributed by atoms with E-state index in [1.807, 2.05) is 30.3 Å². The lowest BCUT2D eigenvalue weighted by Gasteiger charge is -2.17. The number of hydrogen-bond donors (Lipinski definition) is 1. The predicted octanol–water partition coefficient (Wildman–Crippen LogP) is 3.17. The first-order valence-corrected chi connectivity index (χ1v) is 6.74. The fraction of sp³-hybridized carbons (Fsp3) is 0.235. The molecule has 3 nitrogen and oxygen atoms in total. The number of aryl methyl sites for hydroxylation is 2. The molecule has 0 aliphatic rings. The first-order chi connectivity index (χ1) is 9.56. The SMILES string of the molecule is Cc1cccc(CCC(=O)N(C)c2cccc(N)c2)c1. The van der Waals surface area contributed by atoms with Gasteiger partial charge in [0.15, 0.2) is 0 Å². The normalized spacial score (nSPS) is 10.3. The summed E-state index contributed by atoms with van der Waals surface area (Å²) in [6.45, 7) is 2.06. The van der Waals surface area contributed by atoms with Crippen LogP contribution in [0.5, 0.6) is 0 Å². The third-order valence-electron chi connectivity index (χ3n) is 3.34. The zero-order chi connectivity index (χ0) is 14.5. The number of carbonyl (C=O) groups is 1. The molecule has 0 fully saturated rings. The summed E-state index contributed by atoms with van der Waals surface area (Å²) in [5.74, 6) is 0.0945. The van der Waals surface area contributed by atoms with Crippen molar-refractivity contribution in [2.75, 3.05) is 17.7 Å². The van der Waals surface area contributed by atoms with Crippen LogP contribution in [0.4, 0.5) is 11.4 Å². The van der Waals surface area contributed by atoms with Crippen molar-refractivity contribution in [1.82, 2.24) is 0 Å². The van der Waals surface area contributed by atoms with E-state index < -0.39 is 0 Å². The third-order valence-corrected chi connectivity index (χ3v) is 3.34. The Morgan fingerprint density at radius 1 is 1.15 bits per heavy atom. The zero-order valence-electron chi connectivity index (χ0n) is 12.0. The second-order valence-electron chi connectivity index (χ2n) is 5.04. The molecule has 0 saturated heterocycles. The Labute approximate surface area is 120 Å². The number of benzene rings is 2. The van der Waals surface area contributed by atoms with Crippen LogP contribution in [0.2, 0.25) is 0 Å². The first-order valence-electron chi connectivity index (χ1n) is 6.74. The van der Waals surface area contributed by atoms with Gasteiger partial charge in [0, 0.05) is 24.8 Å². The quantitative estimate of drug-likeness (QED) is 0.866. The average Bonchev–Trinajstić information content (AvgIpc) is 2.44. The number of rotatable bonds is 4. The predicted molar refractivity (Wildman–Crippen MR) is 83.8 cm³/mol. The molecule has 0 aliphatic carbocycles. The summed E-state index contributed by atoms with van der Waals surface area (Å²) < 4.78 is 0. The number of nitrogens with zero attached hydrogens (tertiary/aromatic N) is 1. The van der Waals surface area contributed by atoms with Crippen molar-refractivity contribution in [2.45, 2.75) is 19.8 Å². The minimum Gasteiger partial charge on any atom is -0.399 e. The molecule has 0 radical (unpaired) electrons. The summed E-state index contributed by atoms with van der Waals surface area (Å²) in [4.78, 5) is 13.9. The maximum atomic E-state index is 12.2. The zero-order valence-corrected chi connectivity index (χ0v) is 12.0. The summed E-state index contributed by atoms with van der Waals surface area (Å²) in [7, 11) is 1.79. The molecule has 0 aromatic heterocycles. The molecule has 2 N–H and O–H groups in total. The molecule has 2 rings (SSSR count). The summed E-state index contributed by atoms with van der Waals surface area (Å²) in [5.41, 5.74) is 9.66. The van der Waals surface area contributed by atoms with Gasteiger partial charge in [0.05, 0.1) is 0 Å². The van der Waals surface area contributed by atoms with E-state index in [0.717, 1.165) is 12.1 Å². The van der Waals surface area contributed by atoms with Gasteiger partial charge in [-0.1, -0.05) is 35.9 Å². The van der Waals surface area contributed by atoms with Crippen LogP contribution in [-0.4, -0.2) is 13.0 Å². The number of carbonyl (C=O) groups excluding carboxylic acids is 1. The van der Waals surface area contributed by atoms with Crippen molar-refractivity contribution >= 4 is 17.3 Å². The lowest BCUT2D eigenvalue weighted by molar-refractivity contribution is -0.118. The van der Waals surface area contributed by atoms with Crippen molar-refractivity contribution in [2.24, 2.45) is 0 Å². The van der Waals surface area contributed by atoms with Crippen LogP contribution in [0.25, 0.3) is 0 Å². The van der Waals surface area contributed by atoms with Crippen molar-refractivity contribution in [1.29, 1.82) is 0 Å². The van der Waals surface area contributed by atoms with Crippen molar-refractivity contribution in [3.05, 3.63) is 59.7 Å². The number of nitrogen functional groups attached to an aromatic ring is 1. The summed E-state index contributed by atoms with van der Waals surface area (Å²) in [6, 6.07) is 15.6.